The summed E-state index contributed by atoms with van der Waals surface area (Å²) in [6, 6.07) is 0. The number of aromatic amines is 2. The molecule has 14 N–H and O–H groups in total. The predicted molar refractivity (Wildman–Crippen MR) is 249 cm³/mol. The number of hydrogen-bond donors (Lipinski definition) is 12. The summed E-state index contributed by atoms with van der Waals surface area (Å²) in [5.74, 6) is -0.328. The minimum atomic E-state index is -6.18. The topological polar surface area (TPSA) is 537 Å². The lowest BCUT2D eigenvalue weighted by atomic mass is 10.1. The molecule has 77 heavy (non-hydrogen) atoms. The number of fused-ring (bicyclic) bond motifs is 3. The van der Waals surface area contributed by atoms with Gasteiger partial charge < -0.3 is 75.4 Å². The SMILES string of the molecule is CNc1ncnc2c1ncn2[C@@H]1O[C@H](COP(=O)(O)OP(=O)(O)OP(=O)(O)OC[C@H]2O[C@@H]([n+]3cn(C)c4c(=O)[nH]c(N)nc43)[C@@H](O)C2OC)[C@H](OP(=O)(O)OC[C@H]2O[C@@H](n3cnc4c(=O)[nH]c(N)nc43)[C@@H](O)C2O)C1OC. The maximum absolute atomic E-state index is 13.7. The summed E-state index contributed by atoms with van der Waals surface area (Å²) in [5, 5.41) is 35.7. The van der Waals surface area contributed by atoms with Crippen molar-refractivity contribution in [2.24, 2.45) is 7.05 Å². The molecule has 0 spiro atoms. The van der Waals surface area contributed by atoms with Crippen LogP contribution < -0.4 is 32.5 Å². The first-order chi connectivity index (χ1) is 36.2. The lowest BCUT2D eigenvalue weighted by Crippen LogP contribution is -2.46. The normalized spacial score (nSPS) is 30.0. The van der Waals surface area contributed by atoms with E-state index in [2.05, 4.69) is 53.8 Å². The highest BCUT2D eigenvalue weighted by Crippen LogP contribution is 2.68. The molecule has 3 fully saturated rings. The van der Waals surface area contributed by atoms with Gasteiger partial charge in [-0.15, -0.1) is 0 Å². The summed E-state index contributed by atoms with van der Waals surface area (Å²) in [6.07, 6.45) is -14.2. The van der Waals surface area contributed by atoms with Crippen LogP contribution in [-0.4, -0.2) is 184 Å². The number of nitrogens with zero attached hydrogens (tertiary/aromatic N) is 10. The molecule has 7 unspecified atom stereocenters. The second-order valence-corrected chi connectivity index (χ2v) is 22.9. The lowest BCUT2D eigenvalue weighted by Gasteiger charge is -2.26. The summed E-state index contributed by atoms with van der Waals surface area (Å²) < 4.78 is 116. The number of aliphatic hydroxyl groups excluding tert-OH is 3. The van der Waals surface area contributed by atoms with Gasteiger partial charge in [-0.1, -0.05) is 4.98 Å². The van der Waals surface area contributed by atoms with Gasteiger partial charge >= 0.3 is 36.9 Å². The molecule has 9 heterocycles. The molecule has 9 rings (SSSR count). The summed E-state index contributed by atoms with van der Waals surface area (Å²) in [4.78, 5) is 96.7. The molecule has 16 atom stereocenters. The van der Waals surface area contributed by atoms with Gasteiger partial charge in [-0.2, -0.15) is 13.6 Å². The number of nitrogens with one attached hydrogen (secondary N) is 3. The van der Waals surface area contributed by atoms with Crippen LogP contribution in [0.3, 0.4) is 0 Å². The molecule has 43 heteroatoms. The van der Waals surface area contributed by atoms with Gasteiger partial charge in [-0.25, -0.2) is 42.8 Å². The third-order valence-electron chi connectivity index (χ3n) is 12.0. The number of nitrogen functional groups attached to an aromatic ring is 2. The van der Waals surface area contributed by atoms with Crippen LogP contribution in [0.2, 0.25) is 0 Å². The van der Waals surface area contributed by atoms with Crippen LogP contribution in [0, 0.1) is 0 Å². The van der Waals surface area contributed by atoms with Gasteiger partial charge in [0.1, 0.15) is 66.8 Å². The molecule has 0 radical (unpaired) electrons. The Balaban J connectivity index is 0.872. The zero-order valence-electron chi connectivity index (χ0n) is 39.8. The van der Waals surface area contributed by atoms with Crippen molar-refractivity contribution in [2.75, 3.05) is 57.9 Å². The zero-order valence-corrected chi connectivity index (χ0v) is 43.4. The first-order valence-electron chi connectivity index (χ1n) is 22.0. The third kappa shape index (κ3) is 11.4. The molecule has 3 aliphatic heterocycles. The van der Waals surface area contributed by atoms with Gasteiger partial charge in [0.2, 0.25) is 17.7 Å². The Bertz CT molecular complexity index is 3510. The molecule has 0 amide bonds. The Hall–Kier alpha value is -5.15. The number of aryl methyl sites for hydroxylation is 1. The second-order valence-electron chi connectivity index (χ2n) is 16.9. The zero-order chi connectivity index (χ0) is 55.7. The fourth-order valence-corrected chi connectivity index (χ4v) is 13.2. The standard InChI is InChI=1S/C34H47N15O24P4/c1-37-24-15-25(39-8-38-24)47(9-40-15)32-23(64-4)22(71-74(55,56)65-5-12-18(50)19(51)30(68-12)48-10-41-16-26(48)42-33(35)44-28(16)53)14(70-32)7-67-76(59,60)73-77(61,62)72-75(57,58)66-6-13-21(63-3)20(52)31(69-13)49-11-46(2)17-27(49)43-34(36)45-29(17)54/h8-14,18-23,30-32,50-52H,5-7H2,1-4H3,(H10-,35,36,37,38,39,42,43,44,45,53,54,55,56,57,58,59,60,61,62)/p+1/t12-,13-,14-,18?,19+,20+,21?,22+,23?,30-,31-,32-/m1/s1. The highest BCUT2D eigenvalue weighted by Gasteiger charge is 2.54. The van der Waals surface area contributed by atoms with Crippen molar-refractivity contribution >= 4 is 82.5 Å². The molecule has 0 aromatic carbocycles. The number of rotatable bonds is 21. The fourth-order valence-electron chi connectivity index (χ4n) is 8.73. The van der Waals surface area contributed by atoms with Crippen LogP contribution in [0.15, 0.2) is 34.9 Å². The Labute approximate surface area is 428 Å². The molecule has 3 aliphatic rings. The molecule has 39 nitrogen and oxygen atoms in total. The van der Waals surface area contributed by atoms with Gasteiger partial charge in [0.25, 0.3) is 17.1 Å². The number of hydrogen-bond acceptors (Lipinski definition) is 29. The van der Waals surface area contributed by atoms with Crippen LogP contribution in [-0.2, 0) is 75.7 Å². The van der Waals surface area contributed by atoms with Crippen LogP contribution in [0.5, 0.6) is 0 Å². The molecule has 6 aromatic heterocycles. The van der Waals surface area contributed by atoms with Gasteiger partial charge in [0.05, 0.1) is 39.5 Å². The van der Waals surface area contributed by atoms with Gasteiger partial charge in [0.15, 0.2) is 41.4 Å². The number of aromatic nitrogens is 12. The minimum absolute atomic E-state index is 0.0239. The van der Waals surface area contributed by atoms with E-state index in [0.717, 1.165) is 31.4 Å². The molecule has 6 aromatic rings. The molecule has 3 saturated heterocycles. The Morgan fingerprint density at radius 2 is 1.26 bits per heavy atom. The van der Waals surface area contributed by atoms with E-state index in [1.54, 1.807) is 7.05 Å². The van der Waals surface area contributed by atoms with Crippen LogP contribution in [0.25, 0.3) is 33.5 Å². The van der Waals surface area contributed by atoms with E-state index >= 15 is 0 Å². The molecule has 0 bridgehead atoms. The molecule has 0 saturated carbocycles. The number of phosphoric ester groups is 3. The number of anilines is 3. The van der Waals surface area contributed by atoms with Gasteiger partial charge in [-0.05, 0) is 0 Å². The maximum Gasteiger partial charge on any atom is 0.490 e. The summed E-state index contributed by atoms with van der Waals surface area (Å²) in [5.41, 5.74) is 9.96. The first-order valence-corrected chi connectivity index (χ1v) is 28.0. The minimum Gasteiger partial charge on any atom is -0.387 e. The van der Waals surface area contributed by atoms with Crippen molar-refractivity contribution in [2.45, 2.75) is 73.6 Å². The lowest BCUT2D eigenvalue weighted by molar-refractivity contribution is -0.745. The average molecular weight is 1170 g/mol. The van der Waals surface area contributed by atoms with Crippen LogP contribution in [0.4, 0.5) is 17.7 Å². The van der Waals surface area contributed by atoms with Crippen molar-refractivity contribution in [1.29, 1.82) is 0 Å². The van der Waals surface area contributed by atoms with Crippen molar-refractivity contribution < 1.29 is 108 Å². The highest BCUT2D eigenvalue weighted by molar-refractivity contribution is 7.66. The third-order valence-corrected chi connectivity index (χ3v) is 17.2. The Morgan fingerprint density at radius 1 is 0.688 bits per heavy atom. The smallest absolute Gasteiger partial charge is 0.387 e. The Morgan fingerprint density at radius 3 is 1.91 bits per heavy atom. The number of ether oxygens (including phenoxy) is 5. The number of methoxy groups -OCH3 is 2. The van der Waals surface area contributed by atoms with E-state index in [4.69, 9.17) is 53.2 Å². The first kappa shape index (κ1) is 56.6. The van der Waals surface area contributed by atoms with Crippen LogP contribution in [0.1, 0.15) is 18.7 Å². The number of nitrogens with two attached hydrogens (primary N) is 2. The number of imidazole rings is 3. The van der Waals surface area contributed by atoms with Gasteiger partial charge in [0, 0.05) is 21.3 Å². The van der Waals surface area contributed by atoms with Crippen molar-refractivity contribution in [1.82, 2.24) is 53.6 Å². The quantitative estimate of drug-likeness (QED) is 0.0245. The van der Waals surface area contributed by atoms with E-state index in [-0.39, 0.29) is 51.2 Å². The molecular formula is C34H48N15O24P4+. The second kappa shape index (κ2) is 21.5. The van der Waals surface area contributed by atoms with Gasteiger partial charge in [-0.3, -0.25) is 51.4 Å². The van der Waals surface area contributed by atoms with Crippen molar-refractivity contribution in [3.8, 4) is 0 Å². The molecular weight excluding hydrogens is 1130 g/mol. The summed E-state index contributed by atoms with van der Waals surface area (Å²) in [6.45, 7) is -3.22. The molecule has 0 aliphatic carbocycles. The highest BCUT2D eigenvalue weighted by atomic mass is 31.3. The largest absolute Gasteiger partial charge is 0.490 e. The van der Waals surface area contributed by atoms with E-state index in [1.165, 1.54) is 33.4 Å². The van der Waals surface area contributed by atoms with E-state index < -0.39 is 136 Å². The fraction of sp³-hybridized carbons (Fsp3) is 0.559. The number of aliphatic hydroxyl groups is 3. The van der Waals surface area contributed by atoms with Crippen molar-refractivity contribution in [3.63, 3.8) is 0 Å². The van der Waals surface area contributed by atoms with E-state index in [0.29, 0.717) is 0 Å². The average Bonchev–Trinajstić information content (AvgIpc) is 4.21. The maximum atomic E-state index is 13.7. The number of phosphoric acid groups is 4. The monoisotopic (exact) mass is 1170 g/mol. The number of H-pyrrole nitrogens is 2. The van der Waals surface area contributed by atoms with E-state index in [1.807, 2.05) is 0 Å². The summed E-state index contributed by atoms with van der Waals surface area (Å²) >= 11 is 0. The van der Waals surface area contributed by atoms with Crippen molar-refractivity contribution in [3.05, 3.63) is 46.0 Å². The van der Waals surface area contributed by atoms with Crippen LogP contribution >= 0.6 is 31.3 Å². The van der Waals surface area contributed by atoms with E-state index in [9.17, 15) is 62.7 Å². The molecule has 422 valence electrons. The Kier molecular flexibility index (Phi) is 15.8. The predicted octanol–water partition coefficient (Wildman–Crippen LogP) is -3.60. The summed E-state index contributed by atoms with van der Waals surface area (Å²) in [7, 11) is -18.1.